The molecule has 1 aliphatic rings. The molecule has 1 fully saturated rings. The van der Waals surface area contributed by atoms with Crippen molar-refractivity contribution in [2.45, 2.75) is 6.92 Å². The van der Waals surface area contributed by atoms with Crippen molar-refractivity contribution in [3.63, 3.8) is 0 Å². The summed E-state index contributed by atoms with van der Waals surface area (Å²) < 4.78 is 0. The Bertz CT molecular complexity index is 1230. The molecule has 0 bridgehead atoms. The molecule has 1 aliphatic heterocycles. The predicted molar refractivity (Wildman–Crippen MR) is 119 cm³/mol. The predicted octanol–water partition coefficient (Wildman–Crippen LogP) is 3.76. The second-order valence-electron chi connectivity index (χ2n) is 7.15. The Balaban J connectivity index is 1.65. The summed E-state index contributed by atoms with van der Waals surface area (Å²) >= 11 is 7.71. The van der Waals surface area contributed by atoms with Crippen molar-refractivity contribution < 1.29 is 4.79 Å². The number of fused-ring (bicyclic) bond motifs is 1. The average Bonchev–Trinajstić information content (AvgIpc) is 3.42. The number of aryl methyl sites for hydroxylation is 1. The maximum absolute atomic E-state index is 13.3. The Hall–Kier alpha value is -2.81. The van der Waals surface area contributed by atoms with E-state index in [9.17, 15) is 4.79 Å². The van der Waals surface area contributed by atoms with Crippen molar-refractivity contribution >= 4 is 39.7 Å². The topological polar surface area (TPSA) is 86.8 Å². The highest BCUT2D eigenvalue weighted by molar-refractivity contribution is 7.18. The van der Waals surface area contributed by atoms with E-state index in [0.29, 0.717) is 28.8 Å². The van der Waals surface area contributed by atoms with E-state index in [-0.39, 0.29) is 5.91 Å². The summed E-state index contributed by atoms with van der Waals surface area (Å²) in [6.07, 6.45) is 3.48. The van der Waals surface area contributed by atoms with Gasteiger partial charge in [-0.1, -0.05) is 17.7 Å². The van der Waals surface area contributed by atoms with Gasteiger partial charge in [-0.25, -0.2) is 4.98 Å². The molecule has 4 aromatic rings. The molecule has 0 aliphatic carbocycles. The second kappa shape index (κ2) is 7.79. The van der Waals surface area contributed by atoms with Gasteiger partial charge in [0.15, 0.2) is 0 Å². The third-order valence-corrected chi connectivity index (χ3v) is 6.81. The summed E-state index contributed by atoms with van der Waals surface area (Å²) in [6.45, 7) is 4.86. The number of hydrogen-bond donors (Lipinski definition) is 2. The lowest BCUT2D eigenvalue weighted by Crippen LogP contribution is -2.46. The van der Waals surface area contributed by atoms with Crippen LogP contribution in [0.5, 0.6) is 0 Å². The third kappa shape index (κ3) is 3.27. The number of amides is 1. The number of carbonyl (C=O) groups excluding carboxylic acids is 1. The Morgan fingerprint density at radius 1 is 1.23 bits per heavy atom. The first-order chi connectivity index (χ1) is 14.6. The standard InChI is InChI=1S/C21H19ClN6OS/c1-12-15(22)5-4-14-16(12)26-27-17(14)20-25-18(21(29)28-9-7-23-8-10-28)19(30-20)13-3-2-6-24-11-13/h2-6,11,23H,7-10H2,1H3,(H,26,27). The van der Waals surface area contributed by atoms with Crippen LogP contribution in [-0.2, 0) is 0 Å². The zero-order chi connectivity index (χ0) is 20.7. The first kappa shape index (κ1) is 19.2. The highest BCUT2D eigenvalue weighted by Gasteiger charge is 2.27. The molecule has 0 radical (unpaired) electrons. The summed E-state index contributed by atoms with van der Waals surface area (Å²) in [5, 5.41) is 13.2. The minimum atomic E-state index is -0.0584. The van der Waals surface area contributed by atoms with Gasteiger partial charge in [-0.2, -0.15) is 5.10 Å². The van der Waals surface area contributed by atoms with Crippen LogP contribution in [0.2, 0.25) is 5.02 Å². The highest BCUT2D eigenvalue weighted by Crippen LogP contribution is 2.38. The minimum absolute atomic E-state index is 0.0584. The molecule has 3 aromatic heterocycles. The van der Waals surface area contributed by atoms with Gasteiger partial charge in [-0.15, -0.1) is 11.3 Å². The minimum Gasteiger partial charge on any atom is -0.335 e. The van der Waals surface area contributed by atoms with Crippen molar-refractivity contribution in [2.24, 2.45) is 0 Å². The van der Waals surface area contributed by atoms with Crippen molar-refractivity contribution in [1.29, 1.82) is 0 Å². The first-order valence-corrected chi connectivity index (χ1v) is 10.9. The van der Waals surface area contributed by atoms with Gasteiger partial charge in [0, 0.05) is 54.5 Å². The van der Waals surface area contributed by atoms with Gasteiger partial charge in [0.05, 0.1) is 10.4 Å². The third-order valence-electron chi connectivity index (χ3n) is 5.29. The van der Waals surface area contributed by atoms with Gasteiger partial charge < -0.3 is 10.2 Å². The van der Waals surface area contributed by atoms with E-state index >= 15 is 0 Å². The van der Waals surface area contributed by atoms with Gasteiger partial charge >= 0.3 is 0 Å². The maximum Gasteiger partial charge on any atom is 0.274 e. The number of thiazole rings is 1. The number of benzene rings is 1. The Labute approximate surface area is 182 Å². The molecule has 152 valence electrons. The van der Waals surface area contributed by atoms with Crippen LogP contribution in [0.15, 0.2) is 36.7 Å². The zero-order valence-corrected chi connectivity index (χ0v) is 17.8. The number of nitrogens with one attached hydrogen (secondary N) is 2. The number of pyridine rings is 1. The average molecular weight is 439 g/mol. The van der Waals surface area contributed by atoms with E-state index in [4.69, 9.17) is 16.6 Å². The second-order valence-corrected chi connectivity index (χ2v) is 8.55. The van der Waals surface area contributed by atoms with Gasteiger partial charge in [0.1, 0.15) is 16.4 Å². The Kier molecular flexibility index (Phi) is 4.98. The SMILES string of the molecule is Cc1c(Cl)ccc2c(-c3nc(C(=O)N4CCNCC4)c(-c4cccnc4)s3)n[nH]c12. The molecule has 1 aromatic carbocycles. The van der Waals surface area contributed by atoms with Crippen LogP contribution in [0.3, 0.4) is 0 Å². The maximum atomic E-state index is 13.3. The monoisotopic (exact) mass is 438 g/mol. The fourth-order valence-corrected chi connectivity index (χ4v) is 4.85. The molecule has 1 saturated heterocycles. The smallest absolute Gasteiger partial charge is 0.274 e. The summed E-state index contributed by atoms with van der Waals surface area (Å²) in [5.41, 5.74) is 3.87. The quantitative estimate of drug-likeness (QED) is 0.508. The summed E-state index contributed by atoms with van der Waals surface area (Å²) in [6, 6.07) is 7.61. The fourth-order valence-electron chi connectivity index (χ4n) is 3.64. The molecular formula is C21H19ClN6OS. The summed E-state index contributed by atoms with van der Waals surface area (Å²) in [5.74, 6) is -0.0584. The van der Waals surface area contributed by atoms with Crippen LogP contribution in [0, 0.1) is 6.92 Å². The van der Waals surface area contributed by atoms with Crippen LogP contribution in [0.1, 0.15) is 16.1 Å². The molecule has 0 saturated carbocycles. The van der Waals surface area contributed by atoms with E-state index in [1.165, 1.54) is 11.3 Å². The lowest BCUT2D eigenvalue weighted by Gasteiger charge is -2.27. The molecule has 0 atom stereocenters. The normalized spacial score (nSPS) is 14.4. The van der Waals surface area contributed by atoms with Gasteiger partial charge in [-0.3, -0.25) is 14.9 Å². The lowest BCUT2D eigenvalue weighted by atomic mass is 10.1. The number of aromatic nitrogens is 4. The number of H-pyrrole nitrogens is 1. The van der Waals surface area contributed by atoms with E-state index in [2.05, 4.69) is 20.5 Å². The number of nitrogens with zero attached hydrogens (tertiary/aromatic N) is 4. The number of hydrogen-bond acceptors (Lipinski definition) is 6. The molecule has 2 N–H and O–H groups in total. The van der Waals surface area contributed by atoms with Crippen molar-refractivity contribution in [3.8, 4) is 21.1 Å². The molecule has 1 amide bonds. The van der Waals surface area contributed by atoms with Crippen LogP contribution < -0.4 is 5.32 Å². The van der Waals surface area contributed by atoms with Crippen molar-refractivity contribution in [3.05, 3.63) is 52.9 Å². The molecule has 9 heteroatoms. The fraction of sp³-hybridized carbons (Fsp3) is 0.238. The van der Waals surface area contributed by atoms with E-state index in [1.807, 2.05) is 36.1 Å². The van der Waals surface area contributed by atoms with E-state index in [0.717, 1.165) is 45.7 Å². The van der Waals surface area contributed by atoms with Crippen molar-refractivity contribution in [2.75, 3.05) is 26.2 Å². The van der Waals surface area contributed by atoms with Gasteiger partial charge in [-0.05, 0) is 30.7 Å². The van der Waals surface area contributed by atoms with Crippen LogP contribution in [0.4, 0.5) is 0 Å². The van der Waals surface area contributed by atoms with Crippen molar-refractivity contribution in [1.82, 2.24) is 30.4 Å². The van der Waals surface area contributed by atoms with Crippen LogP contribution in [0.25, 0.3) is 32.0 Å². The van der Waals surface area contributed by atoms with E-state index < -0.39 is 0 Å². The Morgan fingerprint density at radius 3 is 2.83 bits per heavy atom. The largest absolute Gasteiger partial charge is 0.335 e. The molecule has 0 unspecified atom stereocenters. The number of aromatic amines is 1. The summed E-state index contributed by atoms with van der Waals surface area (Å²) in [4.78, 5) is 25.0. The zero-order valence-electron chi connectivity index (χ0n) is 16.3. The van der Waals surface area contributed by atoms with E-state index in [1.54, 1.807) is 12.4 Å². The number of carbonyl (C=O) groups is 1. The molecule has 30 heavy (non-hydrogen) atoms. The first-order valence-electron chi connectivity index (χ1n) is 9.68. The van der Waals surface area contributed by atoms with Crippen LogP contribution >= 0.6 is 22.9 Å². The molecular weight excluding hydrogens is 420 g/mol. The number of piperazine rings is 1. The Morgan fingerprint density at radius 2 is 2.07 bits per heavy atom. The molecule has 0 spiro atoms. The number of rotatable bonds is 3. The molecule has 4 heterocycles. The van der Waals surface area contributed by atoms with Gasteiger partial charge in [0.2, 0.25) is 0 Å². The molecule has 5 rings (SSSR count). The number of halogens is 1. The lowest BCUT2D eigenvalue weighted by molar-refractivity contribution is 0.0731. The molecule has 7 nitrogen and oxygen atoms in total. The van der Waals surface area contributed by atoms with Crippen LogP contribution in [-0.4, -0.2) is 57.2 Å². The van der Waals surface area contributed by atoms with Gasteiger partial charge in [0.25, 0.3) is 5.91 Å². The highest BCUT2D eigenvalue weighted by atomic mass is 35.5. The summed E-state index contributed by atoms with van der Waals surface area (Å²) in [7, 11) is 0.